The van der Waals surface area contributed by atoms with E-state index >= 15 is 0 Å². The number of rotatable bonds is 11. The van der Waals surface area contributed by atoms with Crippen molar-refractivity contribution in [3.05, 3.63) is 100 Å². The number of ether oxygens (including phenoxy) is 1. The molecule has 2 heterocycles. The molecular weight excluding hydrogens is 683 g/mol. The average Bonchev–Trinajstić information content (AvgIpc) is 3.26. The quantitative estimate of drug-likeness (QED) is 0.0767. The highest BCUT2D eigenvalue weighted by Crippen LogP contribution is 2.36. The number of fused-ring (bicyclic) bond motifs is 2. The fourth-order valence-corrected chi connectivity index (χ4v) is 5.10. The van der Waals surface area contributed by atoms with E-state index in [4.69, 9.17) is 53.7 Å². The Bertz CT molecular complexity index is 1610. The highest BCUT2D eigenvalue weighted by molar-refractivity contribution is 6.31. The lowest BCUT2D eigenvalue weighted by atomic mass is 10.1. The maximum atomic E-state index is 9.55. The number of amidine groups is 1. The van der Waals surface area contributed by atoms with Gasteiger partial charge in [0.1, 0.15) is 12.4 Å². The Hall–Kier alpha value is -4.46. The number of unbranched alkanes of at least 4 members (excludes halogenated alkanes) is 1. The van der Waals surface area contributed by atoms with Crippen LogP contribution in [0.4, 0.5) is 17.1 Å². The van der Waals surface area contributed by atoms with Crippen molar-refractivity contribution in [2.75, 3.05) is 65.4 Å². The Morgan fingerprint density at radius 1 is 0.920 bits per heavy atom. The number of oxime groups is 1. The number of halogens is 2. The molecule has 0 atom stereocenters. The van der Waals surface area contributed by atoms with Crippen molar-refractivity contribution in [1.82, 2.24) is 9.80 Å². The summed E-state index contributed by atoms with van der Waals surface area (Å²) in [6.45, 7) is 5.72. The summed E-state index contributed by atoms with van der Waals surface area (Å²) < 4.78 is 5.04. The molecule has 0 saturated carbocycles. The van der Waals surface area contributed by atoms with Crippen LogP contribution in [0.5, 0.6) is 0 Å². The first-order valence-corrected chi connectivity index (χ1v) is 16.8. The van der Waals surface area contributed by atoms with Crippen LogP contribution in [0.15, 0.2) is 89.0 Å². The summed E-state index contributed by atoms with van der Waals surface area (Å²) >= 11 is 12.1. The normalized spacial score (nSPS) is 14.1. The number of anilines is 2. The molecule has 0 bridgehead atoms. The maximum absolute atomic E-state index is 9.55. The van der Waals surface area contributed by atoms with Crippen LogP contribution >= 0.6 is 23.2 Å². The summed E-state index contributed by atoms with van der Waals surface area (Å²) in [5.74, 6) is -1.48. The number of piperazine rings is 1. The zero-order valence-corrected chi connectivity index (χ0v) is 29.7. The lowest BCUT2D eigenvalue weighted by molar-refractivity contribution is -0.134. The Labute approximate surface area is 302 Å². The summed E-state index contributed by atoms with van der Waals surface area (Å²) in [6, 6.07) is 21.8. The second-order valence-electron chi connectivity index (χ2n) is 11.2. The summed E-state index contributed by atoms with van der Waals surface area (Å²) in [6.07, 6.45) is 3.96. The van der Waals surface area contributed by atoms with Crippen LogP contribution in [0.1, 0.15) is 30.4 Å². The van der Waals surface area contributed by atoms with E-state index in [-0.39, 0.29) is 0 Å². The van der Waals surface area contributed by atoms with Crippen LogP contribution < -0.4 is 11.1 Å². The topological polar surface area (TPSA) is 162 Å². The molecule has 12 nitrogen and oxygen atoms in total. The van der Waals surface area contributed by atoms with Crippen molar-refractivity contribution >= 4 is 63.7 Å². The van der Waals surface area contributed by atoms with Crippen LogP contribution in [0.2, 0.25) is 10.0 Å². The number of hydrogen-bond acceptors (Lipinski definition) is 10. The van der Waals surface area contributed by atoms with E-state index in [1.54, 1.807) is 7.11 Å². The second kappa shape index (κ2) is 21.6. The minimum atomic E-state index is -1.26. The molecule has 14 heteroatoms. The number of nitrogens with two attached hydrogens (primary N) is 1. The first kappa shape index (κ1) is 40.0. The molecule has 0 unspecified atom stereocenters. The molecule has 0 aliphatic carbocycles. The van der Waals surface area contributed by atoms with Crippen molar-refractivity contribution in [1.29, 1.82) is 0 Å². The third kappa shape index (κ3) is 13.8. The first-order valence-electron chi connectivity index (χ1n) is 16.1. The summed E-state index contributed by atoms with van der Waals surface area (Å²) in [5, 5.41) is 24.7. The molecule has 0 amide bonds. The van der Waals surface area contributed by atoms with Gasteiger partial charge < -0.3 is 40.6 Å². The molecule has 3 aromatic carbocycles. The smallest absolute Gasteiger partial charge is 0.328 e. The second-order valence-corrected chi connectivity index (χ2v) is 12.1. The van der Waals surface area contributed by atoms with E-state index in [0.29, 0.717) is 35.3 Å². The zero-order chi connectivity index (χ0) is 36.3. The summed E-state index contributed by atoms with van der Waals surface area (Å²) in [5.41, 5.74) is 11.4. The number of carboxylic acids is 2. The average molecular weight is 728 g/mol. The highest BCUT2D eigenvalue weighted by Gasteiger charge is 2.23. The van der Waals surface area contributed by atoms with Crippen molar-refractivity contribution in [3.63, 3.8) is 0 Å². The van der Waals surface area contributed by atoms with E-state index in [0.717, 1.165) is 91.8 Å². The first-order chi connectivity index (χ1) is 24.1. The Morgan fingerprint density at radius 3 is 2.22 bits per heavy atom. The fraction of sp³-hybridized carbons (Fsp3) is 0.333. The minimum Gasteiger partial charge on any atom is -0.478 e. The van der Waals surface area contributed by atoms with Crippen LogP contribution in [-0.2, 0) is 19.2 Å². The van der Waals surface area contributed by atoms with Crippen LogP contribution in [0, 0.1) is 0 Å². The number of methoxy groups -OCH3 is 1. The van der Waals surface area contributed by atoms with E-state index < -0.39 is 11.9 Å². The molecule has 1 fully saturated rings. The zero-order valence-electron chi connectivity index (χ0n) is 28.2. The van der Waals surface area contributed by atoms with Crippen LogP contribution in [0.25, 0.3) is 0 Å². The molecular formula is C36H44Cl2N6O6. The van der Waals surface area contributed by atoms with Gasteiger partial charge in [0.15, 0.2) is 0 Å². The van der Waals surface area contributed by atoms with Crippen molar-refractivity contribution in [2.24, 2.45) is 15.9 Å². The number of carbonyl (C=O) groups is 2. The molecule has 0 radical (unpaired) electrons. The number of likely N-dealkylation sites (N-methyl/N-ethyl adjacent to an activating group) is 1. The number of benzene rings is 3. The molecule has 0 spiro atoms. The largest absolute Gasteiger partial charge is 0.478 e. The van der Waals surface area contributed by atoms with Crippen molar-refractivity contribution < 1.29 is 29.4 Å². The molecule has 3 aromatic rings. The van der Waals surface area contributed by atoms with E-state index in [1.807, 2.05) is 48.5 Å². The number of nitrogens with zero attached hydrogens (tertiary/aromatic N) is 4. The number of carboxylic acid groups (broad SMARTS) is 2. The number of aliphatic carboxylic acids is 2. The fourth-order valence-electron chi connectivity index (χ4n) is 4.81. The van der Waals surface area contributed by atoms with Gasteiger partial charge in [-0.15, -0.1) is 0 Å². The predicted molar refractivity (Wildman–Crippen MR) is 200 cm³/mol. The molecule has 2 aliphatic heterocycles. The Kier molecular flexibility index (Phi) is 17.3. The third-order valence-corrected chi connectivity index (χ3v) is 7.86. The maximum Gasteiger partial charge on any atom is 0.328 e. The van der Waals surface area contributed by atoms with Gasteiger partial charge in [0.25, 0.3) is 0 Å². The standard InChI is InChI=1S/C18H19ClN4.C14H21ClN2O2.C4H4O4/c1-22-8-10-23(11-9-22)18-14-4-2-3-5-15(14)20-16-7-6-13(19)12-17(16)21-18;1-18-10-3-2-4-14(17-19-11-9-16)12-5-7-13(15)8-6-12;5-3(6)1-2-4(7)8/h2-7,12,20H,8-11H2,1H3;5-8H,2-4,9-11,16H2,1H3;1-2H,(H,5,6)(H,7,8)/b;17-14+;2-1+. The predicted octanol–water partition coefficient (Wildman–Crippen LogP) is 6.27. The Balaban J connectivity index is 0.000000227. The van der Waals surface area contributed by atoms with E-state index in [2.05, 4.69) is 45.5 Å². The molecule has 268 valence electrons. The van der Waals surface area contributed by atoms with Crippen LogP contribution in [0.3, 0.4) is 0 Å². The lowest BCUT2D eigenvalue weighted by Gasteiger charge is -2.34. The molecule has 0 aromatic heterocycles. The van der Waals surface area contributed by atoms with Crippen molar-refractivity contribution in [2.45, 2.75) is 19.3 Å². The van der Waals surface area contributed by atoms with Gasteiger partial charge in [0.2, 0.25) is 0 Å². The van der Waals surface area contributed by atoms with E-state index in [9.17, 15) is 9.59 Å². The minimum absolute atomic E-state index is 0.426. The van der Waals surface area contributed by atoms with Crippen LogP contribution in [-0.4, -0.2) is 104 Å². The van der Waals surface area contributed by atoms with Gasteiger partial charge in [-0.1, -0.05) is 52.6 Å². The number of hydrogen-bond donors (Lipinski definition) is 4. The SMILES string of the molecule is CN1CCN(C2=Nc3cc(Cl)ccc3Nc3ccccc32)CC1.COCCCC/C(=N\OCCN)c1ccc(Cl)cc1.O=C(O)/C=C/C(=O)O. The van der Waals surface area contributed by atoms with Crippen molar-refractivity contribution in [3.8, 4) is 0 Å². The number of nitrogens with one attached hydrogen (secondary N) is 1. The Morgan fingerprint density at radius 2 is 1.58 bits per heavy atom. The summed E-state index contributed by atoms with van der Waals surface area (Å²) in [4.78, 5) is 34.0. The molecule has 1 saturated heterocycles. The monoisotopic (exact) mass is 726 g/mol. The van der Waals surface area contributed by atoms with Gasteiger partial charge in [-0.05, 0) is 74.3 Å². The van der Waals surface area contributed by atoms with Gasteiger partial charge in [-0.3, -0.25) is 0 Å². The molecule has 50 heavy (non-hydrogen) atoms. The third-order valence-electron chi connectivity index (χ3n) is 7.37. The lowest BCUT2D eigenvalue weighted by Crippen LogP contribution is -2.47. The van der Waals surface area contributed by atoms with Gasteiger partial charge in [-0.25, -0.2) is 14.6 Å². The summed E-state index contributed by atoms with van der Waals surface area (Å²) in [7, 11) is 3.87. The van der Waals surface area contributed by atoms with E-state index in [1.165, 1.54) is 0 Å². The number of aliphatic imine (C=N–C) groups is 1. The number of para-hydroxylation sites is 1. The molecule has 5 N–H and O–H groups in total. The molecule has 2 aliphatic rings. The van der Waals surface area contributed by atoms with Gasteiger partial charge in [-0.2, -0.15) is 0 Å². The van der Waals surface area contributed by atoms with Gasteiger partial charge >= 0.3 is 11.9 Å². The molecule has 5 rings (SSSR count). The highest BCUT2D eigenvalue weighted by atomic mass is 35.5. The van der Waals surface area contributed by atoms with Gasteiger partial charge in [0.05, 0.1) is 17.1 Å². The van der Waals surface area contributed by atoms with Gasteiger partial charge in [0, 0.05) is 79.9 Å².